The summed E-state index contributed by atoms with van der Waals surface area (Å²) in [6.07, 6.45) is 5.13. The molecule has 1 aromatic rings. The molecule has 0 atom stereocenters. The van der Waals surface area contributed by atoms with Gasteiger partial charge in [0.05, 0.1) is 6.61 Å². The van der Waals surface area contributed by atoms with Crippen molar-refractivity contribution in [3.05, 3.63) is 23.8 Å². The highest BCUT2D eigenvalue weighted by atomic mass is 16.5. The Balaban J connectivity index is 1.51. The van der Waals surface area contributed by atoms with Gasteiger partial charge < -0.3 is 15.4 Å². The van der Waals surface area contributed by atoms with Crippen LogP contribution in [-0.2, 0) is 11.2 Å². The van der Waals surface area contributed by atoms with E-state index in [0.717, 1.165) is 37.4 Å². The molecule has 2 aliphatic rings. The SMILES string of the molecule is O=C(CCNC1CC1)Nc1ccc2c(c1)CCCO2. The minimum atomic E-state index is 0.0739. The Morgan fingerprint density at radius 2 is 2.26 bits per heavy atom. The van der Waals surface area contributed by atoms with Gasteiger partial charge in [-0.1, -0.05) is 0 Å². The largest absolute Gasteiger partial charge is 0.493 e. The molecule has 0 bridgehead atoms. The highest BCUT2D eigenvalue weighted by Crippen LogP contribution is 2.27. The molecule has 0 aromatic heterocycles. The number of hydrogen-bond acceptors (Lipinski definition) is 3. The van der Waals surface area contributed by atoms with Gasteiger partial charge in [0.25, 0.3) is 0 Å². The van der Waals surface area contributed by atoms with Crippen LogP contribution in [0, 0.1) is 0 Å². The fourth-order valence-electron chi connectivity index (χ4n) is 2.34. The van der Waals surface area contributed by atoms with E-state index in [1.54, 1.807) is 0 Å². The maximum Gasteiger partial charge on any atom is 0.225 e. The summed E-state index contributed by atoms with van der Waals surface area (Å²) in [4.78, 5) is 11.8. The van der Waals surface area contributed by atoms with Gasteiger partial charge in [-0.25, -0.2) is 0 Å². The van der Waals surface area contributed by atoms with E-state index in [1.165, 1.54) is 18.4 Å². The van der Waals surface area contributed by atoms with E-state index in [-0.39, 0.29) is 5.91 Å². The highest BCUT2D eigenvalue weighted by Gasteiger charge is 2.20. The van der Waals surface area contributed by atoms with Crippen LogP contribution in [0.4, 0.5) is 5.69 Å². The van der Waals surface area contributed by atoms with Crippen molar-refractivity contribution < 1.29 is 9.53 Å². The second-order valence-electron chi connectivity index (χ2n) is 5.30. The Hall–Kier alpha value is -1.55. The first kappa shape index (κ1) is 12.5. The van der Waals surface area contributed by atoms with Crippen LogP contribution >= 0.6 is 0 Å². The van der Waals surface area contributed by atoms with E-state index in [0.29, 0.717) is 12.5 Å². The number of amides is 1. The maximum atomic E-state index is 11.8. The Morgan fingerprint density at radius 1 is 1.37 bits per heavy atom. The molecule has 1 aliphatic heterocycles. The van der Waals surface area contributed by atoms with E-state index in [9.17, 15) is 4.79 Å². The lowest BCUT2D eigenvalue weighted by Crippen LogP contribution is -2.23. The molecule has 2 N–H and O–H groups in total. The van der Waals surface area contributed by atoms with E-state index >= 15 is 0 Å². The van der Waals surface area contributed by atoms with Gasteiger partial charge in [0, 0.05) is 24.7 Å². The fraction of sp³-hybridized carbons (Fsp3) is 0.533. The van der Waals surface area contributed by atoms with Gasteiger partial charge in [0.2, 0.25) is 5.91 Å². The summed E-state index contributed by atoms with van der Waals surface area (Å²) < 4.78 is 5.56. The molecule has 0 unspecified atom stereocenters. The average molecular weight is 260 g/mol. The van der Waals surface area contributed by atoms with Crippen molar-refractivity contribution in [2.45, 2.75) is 38.1 Å². The van der Waals surface area contributed by atoms with E-state index in [2.05, 4.69) is 10.6 Å². The van der Waals surface area contributed by atoms with Crippen LogP contribution in [-0.4, -0.2) is 25.1 Å². The van der Waals surface area contributed by atoms with Gasteiger partial charge in [-0.2, -0.15) is 0 Å². The topological polar surface area (TPSA) is 50.4 Å². The van der Waals surface area contributed by atoms with Crippen molar-refractivity contribution >= 4 is 11.6 Å². The Labute approximate surface area is 113 Å². The van der Waals surface area contributed by atoms with Crippen molar-refractivity contribution in [2.24, 2.45) is 0 Å². The Kier molecular flexibility index (Phi) is 3.69. The van der Waals surface area contributed by atoms with Crippen molar-refractivity contribution in [3.63, 3.8) is 0 Å². The molecule has 0 spiro atoms. The van der Waals surface area contributed by atoms with Crippen molar-refractivity contribution in [1.29, 1.82) is 0 Å². The summed E-state index contributed by atoms with van der Waals surface area (Å²) in [6.45, 7) is 1.57. The molecule has 1 saturated carbocycles. The smallest absolute Gasteiger partial charge is 0.225 e. The van der Waals surface area contributed by atoms with Crippen LogP contribution < -0.4 is 15.4 Å². The highest BCUT2D eigenvalue weighted by molar-refractivity contribution is 5.91. The molecule has 1 fully saturated rings. The number of fused-ring (bicyclic) bond motifs is 1. The molecule has 4 nitrogen and oxygen atoms in total. The molecule has 4 heteroatoms. The second-order valence-corrected chi connectivity index (χ2v) is 5.30. The predicted octanol–water partition coefficient (Wildman–Crippen LogP) is 2.09. The van der Waals surface area contributed by atoms with Crippen LogP contribution in [0.5, 0.6) is 5.75 Å². The summed E-state index contributed by atoms with van der Waals surface area (Å²) in [5, 5.41) is 6.29. The summed E-state index contributed by atoms with van der Waals surface area (Å²) in [7, 11) is 0. The van der Waals surface area contributed by atoms with Crippen LogP contribution in [0.2, 0.25) is 0 Å². The zero-order valence-electron chi connectivity index (χ0n) is 11.1. The number of anilines is 1. The van der Waals surface area contributed by atoms with E-state index < -0.39 is 0 Å². The number of carbonyl (C=O) groups excluding carboxylic acids is 1. The number of carbonyl (C=O) groups is 1. The molecule has 1 aliphatic carbocycles. The third kappa shape index (κ3) is 3.47. The van der Waals surface area contributed by atoms with Crippen LogP contribution in [0.3, 0.4) is 0 Å². The first-order valence-corrected chi connectivity index (χ1v) is 7.10. The van der Waals surface area contributed by atoms with E-state index in [4.69, 9.17) is 4.74 Å². The quantitative estimate of drug-likeness (QED) is 0.852. The van der Waals surface area contributed by atoms with Crippen molar-refractivity contribution in [1.82, 2.24) is 5.32 Å². The molecule has 3 rings (SSSR count). The lowest BCUT2D eigenvalue weighted by Gasteiger charge is -2.18. The van der Waals surface area contributed by atoms with Gasteiger partial charge in [0.15, 0.2) is 0 Å². The number of benzene rings is 1. The molecule has 1 amide bonds. The zero-order chi connectivity index (χ0) is 13.1. The number of nitrogens with one attached hydrogen (secondary N) is 2. The van der Waals surface area contributed by atoms with Crippen LogP contribution in [0.1, 0.15) is 31.2 Å². The third-order valence-electron chi connectivity index (χ3n) is 3.55. The maximum absolute atomic E-state index is 11.8. The van der Waals surface area contributed by atoms with Crippen LogP contribution in [0.25, 0.3) is 0 Å². The van der Waals surface area contributed by atoms with Gasteiger partial charge >= 0.3 is 0 Å². The predicted molar refractivity (Wildman–Crippen MR) is 74.5 cm³/mol. The Morgan fingerprint density at radius 3 is 3.11 bits per heavy atom. The number of aryl methyl sites for hydroxylation is 1. The molecule has 19 heavy (non-hydrogen) atoms. The normalized spacial score (nSPS) is 17.5. The summed E-state index contributed by atoms with van der Waals surface area (Å²) in [6, 6.07) is 6.55. The third-order valence-corrected chi connectivity index (χ3v) is 3.55. The Bertz CT molecular complexity index is 469. The van der Waals surface area contributed by atoms with Gasteiger partial charge in [-0.05, 0) is 49.4 Å². The monoisotopic (exact) mass is 260 g/mol. The molecule has 0 radical (unpaired) electrons. The summed E-state index contributed by atoms with van der Waals surface area (Å²) >= 11 is 0. The lowest BCUT2D eigenvalue weighted by atomic mass is 10.1. The standard InChI is InChI=1S/C15H20N2O2/c18-15(7-8-16-12-3-4-12)17-13-5-6-14-11(10-13)2-1-9-19-14/h5-6,10,12,16H,1-4,7-9H2,(H,17,18). The molecular formula is C15H20N2O2. The molecule has 102 valence electrons. The average Bonchev–Trinajstić information content (AvgIpc) is 3.23. The number of ether oxygens (including phenoxy) is 1. The summed E-state index contributed by atoms with van der Waals surface area (Å²) in [5.41, 5.74) is 2.07. The summed E-state index contributed by atoms with van der Waals surface area (Å²) in [5.74, 6) is 1.03. The molecule has 1 aromatic carbocycles. The minimum absolute atomic E-state index is 0.0739. The van der Waals surface area contributed by atoms with Crippen LogP contribution in [0.15, 0.2) is 18.2 Å². The van der Waals surface area contributed by atoms with E-state index in [1.807, 2.05) is 18.2 Å². The van der Waals surface area contributed by atoms with Gasteiger partial charge in [0.1, 0.15) is 5.75 Å². The minimum Gasteiger partial charge on any atom is -0.493 e. The zero-order valence-corrected chi connectivity index (χ0v) is 11.1. The fourth-order valence-corrected chi connectivity index (χ4v) is 2.34. The number of rotatable bonds is 5. The second kappa shape index (κ2) is 5.61. The molecule has 1 heterocycles. The van der Waals surface area contributed by atoms with Gasteiger partial charge in [-0.3, -0.25) is 4.79 Å². The number of hydrogen-bond donors (Lipinski definition) is 2. The molecule has 0 saturated heterocycles. The first-order valence-electron chi connectivity index (χ1n) is 7.10. The van der Waals surface area contributed by atoms with Crippen molar-refractivity contribution in [2.75, 3.05) is 18.5 Å². The lowest BCUT2D eigenvalue weighted by molar-refractivity contribution is -0.116. The molecular weight excluding hydrogens is 240 g/mol. The first-order chi connectivity index (χ1) is 9.31. The van der Waals surface area contributed by atoms with Gasteiger partial charge in [-0.15, -0.1) is 0 Å². The van der Waals surface area contributed by atoms with Crippen molar-refractivity contribution in [3.8, 4) is 5.75 Å².